The smallest absolute Gasteiger partial charge is 0.126 e. The van der Waals surface area contributed by atoms with Crippen LogP contribution >= 0.6 is 0 Å². The summed E-state index contributed by atoms with van der Waals surface area (Å²) in [5, 5.41) is 10.4. The minimum atomic E-state index is -0.465. The Morgan fingerprint density at radius 3 is 2.79 bits per heavy atom. The van der Waals surface area contributed by atoms with Crippen LogP contribution in [0.4, 0.5) is 0 Å². The van der Waals surface area contributed by atoms with Crippen LogP contribution in [0, 0.1) is 0 Å². The van der Waals surface area contributed by atoms with Crippen LogP contribution in [0.25, 0.3) is 0 Å². The van der Waals surface area contributed by atoms with Crippen LogP contribution in [0.15, 0.2) is 36.8 Å². The number of rotatable bonds is 5. The number of aromatic nitrogens is 2. The van der Waals surface area contributed by atoms with Crippen molar-refractivity contribution in [2.75, 3.05) is 20.2 Å². The first kappa shape index (κ1) is 16.8. The molecule has 0 bridgehead atoms. The van der Waals surface area contributed by atoms with E-state index in [1.807, 2.05) is 48.4 Å². The Morgan fingerprint density at radius 1 is 1.25 bits per heavy atom. The molecular formula is C18H25N3O3. The fourth-order valence-electron chi connectivity index (χ4n) is 3.03. The number of benzene rings is 1. The number of aliphatic hydroxyl groups excluding tert-OH is 1. The van der Waals surface area contributed by atoms with Crippen molar-refractivity contribution >= 4 is 0 Å². The van der Waals surface area contributed by atoms with E-state index in [0.29, 0.717) is 6.42 Å². The number of hydrogen-bond donors (Lipinski definition) is 1. The molecule has 2 aromatic rings. The zero-order valence-corrected chi connectivity index (χ0v) is 14.3. The van der Waals surface area contributed by atoms with Crippen molar-refractivity contribution in [3.8, 4) is 11.5 Å². The van der Waals surface area contributed by atoms with Crippen LogP contribution in [0.5, 0.6) is 11.5 Å². The van der Waals surface area contributed by atoms with E-state index >= 15 is 0 Å². The average Bonchev–Trinajstić information content (AvgIpc) is 2.92. The predicted molar refractivity (Wildman–Crippen MR) is 91.1 cm³/mol. The van der Waals surface area contributed by atoms with Crippen LogP contribution < -0.4 is 9.47 Å². The van der Waals surface area contributed by atoms with Crippen LogP contribution in [-0.4, -0.2) is 52.0 Å². The lowest BCUT2D eigenvalue weighted by atomic mass is 10.1. The van der Waals surface area contributed by atoms with Crippen molar-refractivity contribution in [3.05, 3.63) is 42.5 Å². The molecule has 1 aliphatic rings. The molecule has 2 atom stereocenters. The summed E-state index contributed by atoms with van der Waals surface area (Å²) >= 11 is 0. The Labute approximate surface area is 142 Å². The zero-order valence-electron chi connectivity index (χ0n) is 14.3. The Hall–Kier alpha value is -2.05. The van der Waals surface area contributed by atoms with E-state index in [1.165, 1.54) is 5.69 Å². The maximum atomic E-state index is 10.4. The van der Waals surface area contributed by atoms with Gasteiger partial charge in [-0.2, -0.15) is 0 Å². The van der Waals surface area contributed by atoms with E-state index in [9.17, 15) is 5.11 Å². The van der Waals surface area contributed by atoms with E-state index in [-0.39, 0.29) is 6.10 Å². The number of methoxy groups -OCH3 is 1. The summed E-state index contributed by atoms with van der Waals surface area (Å²) in [6.07, 6.45) is 4.53. The van der Waals surface area contributed by atoms with Gasteiger partial charge in [-0.3, -0.25) is 4.90 Å². The van der Waals surface area contributed by atoms with Crippen molar-refractivity contribution in [1.82, 2.24) is 14.5 Å². The fraction of sp³-hybridized carbons (Fsp3) is 0.500. The zero-order chi connectivity index (χ0) is 16.9. The molecule has 2 heterocycles. The maximum Gasteiger partial charge on any atom is 0.126 e. The lowest BCUT2D eigenvalue weighted by molar-refractivity contribution is 0.0349. The molecule has 1 aromatic heterocycles. The van der Waals surface area contributed by atoms with Crippen LogP contribution in [0.2, 0.25) is 0 Å². The number of likely N-dealkylation sites (tertiary alicyclic amines) is 1. The van der Waals surface area contributed by atoms with Gasteiger partial charge in [0.05, 0.1) is 25.2 Å². The van der Waals surface area contributed by atoms with Gasteiger partial charge in [-0.15, -0.1) is 0 Å². The van der Waals surface area contributed by atoms with Gasteiger partial charge < -0.3 is 19.1 Å². The molecule has 130 valence electrons. The van der Waals surface area contributed by atoms with Crippen molar-refractivity contribution in [2.24, 2.45) is 7.05 Å². The largest absolute Gasteiger partial charge is 0.497 e. The van der Waals surface area contributed by atoms with Gasteiger partial charge in [-0.05, 0) is 25.0 Å². The van der Waals surface area contributed by atoms with E-state index in [4.69, 9.17) is 9.47 Å². The van der Waals surface area contributed by atoms with E-state index in [0.717, 1.165) is 37.6 Å². The first-order valence-corrected chi connectivity index (χ1v) is 8.32. The molecule has 0 spiro atoms. The molecule has 1 saturated heterocycles. The molecule has 0 unspecified atom stereocenters. The third kappa shape index (κ3) is 4.07. The summed E-state index contributed by atoms with van der Waals surface area (Å²) in [7, 11) is 3.64. The van der Waals surface area contributed by atoms with Gasteiger partial charge in [0.1, 0.15) is 17.6 Å². The van der Waals surface area contributed by atoms with Gasteiger partial charge in [-0.25, -0.2) is 4.98 Å². The third-order valence-corrected chi connectivity index (χ3v) is 4.53. The highest BCUT2D eigenvalue weighted by Gasteiger charge is 2.26. The summed E-state index contributed by atoms with van der Waals surface area (Å²) in [5.41, 5.74) is 1.18. The SMILES string of the molecule is COc1cccc(O[C@H]2CCN(Cc3cncn3C)CC[C@@H]2O)c1. The van der Waals surface area contributed by atoms with Crippen LogP contribution in [-0.2, 0) is 13.6 Å². The molecule has 1 N–H and O–H groups in total. The highest BCUT2D eigenvalue weighted by atomic mass is 16.5. The second kappa shape index (κ2) is 7.68. The molecule has 0 radical (unpaired) electrons. The van der Waals surface area contributed by atoms with Crippen molar-refractivity contribution in [1.29, 1.82) is 0 Å². The predicted octanol–water partition coefficient (Wildman–Crippen LogP) is 1.83. The first-order valence-electron chi connectivity index (χ1n) is 8.32. The second-order valence-electron chi connectivity index (χ2n) is 6.25. The van der Waals surface area contributed by atoms with E-state index < -0.39 is 6.10 Å². The molecule has 1 aromatic carbocycles. The highest BCUT2D eigenvalue weighted by molar-refractivity contribution is 5.33. The second-order valence-corrected chi connectivity index (χ2v) is 6.25. The summed E-state index contributed by atoms with van der Waals surface area (Å²) in [6.45, 7) is 2.58. The Morgan fingerprint density at radius 2 is 2.04 bits per heavy atom. The highest BCUT2D eigenvalue weighted by Crippen LogP contribution is 2.24. The number of hydrogen-bond acceptors (Lipinski definition) is 5. The standard InChI is InChI=1S/C18H25N3O3/c1-20-13-19-11-14(20)12-21-8-6-17(22)18(7-9-21)24-16-5-3-4-15(10-16)23-2/h3-5,10-11,13,17-18,22H,6-9,12H2,1-2H3/t17-,18-/m0/s1. The normalized spacial score (nSPS) is 22.1. The minimum Gasteiger partial charge on any atom is -0.497 e. The topological polar surface area (TPSA) is 59.8 Å². The van der Waals surface area contributed by atoms with Gasteiger partial charge in [-0.1, -0.05) is 6.07 Å². The fourth-order valence-corrected chi connectivity index (χ4v) is 3.03. The average molecular weight is 331 g/mol. The molecule has 6 heteroatoms. The lowest BCUT2D eigenvalue weighted by Crippen LogP contribution is -2.31. The Kier molecular flexibility index (Phi) is 5.37. The molecule has 24 heavy (non-hydrogen) atoms. The number of aryl methyl sites for hydroxylation is 1. The molecule has 6 nitrogen and oxygen atoms in total. The van der Waals surface area contributed by atoms with Crippen molar-refractivity contribution in [3.63, 3.8) is 0 Å². The summed E-state index contributed by atoms with van der Waals surface area (Å²) in [4.78, 5) is 6.51. The van der Waals surface area contributed by atoms with Crippen LogP contribution in [0.3, 0.4) is 0 Å². The molecule has 3 rings (SSSR count). The molecule has 0 amide bonds. The van der Waals surface area contributed by atoms with Gasteiger partial charge in [0.25, 0.3) is 0 Å². The molecule has 1 fully saturated rings. The maximum absolute atomic E-state index is 10.4. The molecular weight excluding hydrogens is 306 g/mol. The Bertz CT molecular complexity index is 658. The first-order chi connectivity index (χ1) is 11.7. The van der Waals surface area contributed by atoms with E-state index in [1.54, 1.807) is 7.11 Å². The number of imidazole rings is 1. The number of nitrogens with zero attached hydrogens (tertiary/aromatic N) is 3. The van der Waals surface area contributed by atoms with Crippen molar-refractivity contribution < 1.29 is 14.6 Å². The molecule has 1 aliphatic heterocycles. The number of aliphatic hydroxyl groups is 1. The summed E-state index contributed by atoms with van der Waals surface area (Å²) < 4.78 is 13.3. The minimum absolute atomic E-state index is 0.200. The third-order valence-electron chi connectivity index (χ3n) is 4.53. The van der Waals surface area contributed by atoms with E-state index in [2.05, 4.69) is 9.88 Å². The monoisotopic (exact) mass is 331 g/mol. The molecule has 0 saturated carbocycles. The van der Waals surface area contributed by atoms with Gasteiger partial charge >= 0.3 is 0 Å². The summed E-state index contributed by atoms with van der Waals surface area (Å²) in [5.74, 6) is 1.49. The van der Waals surface area contributed by atoms with Crippen molar-refractivity contribution in [2.45, 2.75) is 31.6 Å². The summed E-state index contributed by atoms with van der Waals surface area (Å²) in [6, 6.07) is 7.52. The van der Waals surface area contributed by atoms with Gasteiger partial charge in [0.2, 0.25) is 0 Å². The Balaban J connectivity index is 1.60. The molecule has 0 aliphatic carbocycles. The quantitative estimate of drug-likeness (QED) is 0.906. The lowest BCUT2D eigenvalue weighted by Gasteiger charge is -2.22. The van der Waals surface area contributed by atoms with Gasteiger partial charge in [0, 0.05) is 38.9 Å². The number of ether oxygens (including phenoxy) is 2. The van der Waals surface area contributed by atoms with Crippen LogP contribution in [0.1, 0.15) is 18.5 Å². The van der Waals surface area contributed by atoms with Gasteiger partial charge in [0.15, 0.2) is 0 Å².